The summed E-state index contributed by atoms with van der Waals surface area (Å²) in [6.45, 7) is 0.500. The summed E-state index contributed by atoms with van der Waals surface area (Å²) in [5.41, 5.74) is 0. The molecule has 2 rings (SSSR count). The van der Waals surface area contributed by atoms with Crippen molar-refractivity contribution in [2.45, 2.75) is 6.54 Å². The predicted octanol–water partition coefficient (Wildman–Crippen LogP) is -0.322. The van der Waals surface area contributed by atoms with Gasteiger partial charge >= 0.3 is 0 Å². The van der Waals surface area contributed by atoms with E-state index in [-0.39, 0.29) is 0 Å². The molecular weight excluding hydrogens is 144 g/mol. The van der Waals surface area contributed by atoms with Crippen molar-refractivity contribution in [2.75, 3.05) is 0 Å². The Kier molecular flexibility index (Phi) is 1.21. The second kappa shape index (κ2) is 2.19. The number of amides is 1. The van der Waals surface area contributed by atoms with Gasteiger partial charge in [0.05, 0.1) is 6.54 Å². The quantitative estimate of drug-likeness (QED) is 0.515. The Balaban J connectivity index is 2.35. The molecule has 56 valence electrons. The van der Waals surface area contributed by atoms with E-state index in [2.05, 4.69) is 10.2 Å². The molecule has 0 atom stereocenters. The van der Waals surface area contributed by atoms with Crippen LogP contribution in [0.4, 0.5) is 0 Å². The highest BCUT2D eigenvalue weighted by atomic mass is 16.1. The Morgan fingerprint density at radius 3 is 3.27 bits per heavy atom. The minimum Gasteiger partial charge on any atom is -0.313 e. The van der Waals surface area contributed by atoms with Crippen molar-refractivity contribution in [3.63, 3.8) is 0 Å². The fourth-order valence-corrected chi connectivity index (χ4v) is 0.950. The lowest BCUT2D eigenvalue weighted by Gasteiger charge is -2.15. The number of aromatic nitrogens is 3. The molecule has 0 fully saturated rings. The molecule has 1 amide bonds. The lowest BCUT2D eigenvalue weighted by Crippen LogP contribution is -2.20. The van der Waals surface area contributed by atoms with Gasteiger partial charge in [-0.2, -0.15) is 0 Å². The van der Waals surface area contributed by atoms with Crippen LogP contribution < -0.4 is 0 Å². The molecule has 1 aliphatic heterocycles. The number of nitrogens with zero attached hydrogens (tertiary/aromatic N) is 4. The molecule has 1 aromatic rings. The van der Waals surface area contributed by atoms with Crippen molar-refractivity contribution in [1.29, 1.82) is 0 Å². The maximum Gasteiger partial charge on any atom is 0.214 e. The zero-order valence-electron chi connectivity index (χ0n) is 5.71. The SMILES string of the molecule is O=CN1C=Cn2cnnc2C1. The number of hydrogen-bond acceptors (Lipinski definition) is 3. The number of carbonyl (C=O) groups is 1. The zero-order chi connectivity index (χ0) is 7.68. The van der Waals surface area contributed by atoms with Crippen molar-refractivity contribution >= 4 is 12.6 Å². The Morgan fingerprint density at radius 2 is 2.45 bits per heavy atom. The molecule has 0 spiro atoms. The molecule has 0 N–H and O–H groups in total. The molecule has 0 unspecified atom stereocenters. The van der Waals surface area contributed by atoms with E-state index < -0.39 is 0 Å². The van der Waals surface area contributed by atoms with E-state index in [1.165, 1.54) is 4.90 Å². The molecule has 5 nitrogen and oxygen atoms in total. The van der Waals surface area contributed by atoms with E-state index >= 15 is 0 Å². The van der Waals surface area contributed by atoms with E-state index in [1.807, 2.05) is 0 Å². The summed E-state index contributed by atoms with van der Waals surface area (Å²) in [6.07, 6.45) is 5.79. The third-order valence-electron chi connectivity index (χ3n) is 1.53. The number of carbonyl (C=O) groups excluding carboxylic acids is 1. The molecule has 0 radical (unpaired) electrons. The van der Waals surface area contributed by atoms with Gasteiger partial charge in [0.2, 0.25) is 6.41 Å². The predicted molar refractivity (Wildman–Crippen MR) is 37.0 cm³/mol. The van der Waals surface area contributed by atoms with Crippen LogP contribution in [0.5, 0.6) is 0 Å². The smallest absolute Gasteiger partial charge is 0.214 e. The van der Waals surface area contributed by atoms with Gasteiger partial charge in [-0.3, -0.25) is 9.36 Å². The summed E-state index contributed by atoms with van der Waals surface area (Å²) in [7, 11) is 0. The highest BCUT2D eigenvalue weighted by molar-refractivity contribution is 5.51. The molecule has 5 heteroatoms. The Labute approximate surface area is 62.9 Å². The first-order chi connectivity index (χ1) is 5.40. The van der Waals surface area contributed by atoms with Crippen LogP contribution in [0.1, 0.15) is 5.82 Å². The molecule has 1 aromatic heterocycles. The third kappa shape index (κ3) is 0.899. The van der Waals surface area contributed by atoms with E-state index in [0.717, 1.165) is 12.2 Å². The maximum atomic E-state index is 10.3. The average Bonchev–Trinajstić information content (AvgIpc) is 2.50. The number of fused-ring (bicyclic) bond motifs is 1. The largest absolute Gasteiger partial charge is 0.313 e. The van der Waals surface area contributed by atoms with Crippen molar-refractivity contribution in [3.8, 4) is 0 Å². The topological polar surface area (TPSA) is 51.0 Å². The van der Waals surface area contributed by atoms with Crippen LogP contribution in [0.3, 0.4) is 0 Å². The van der Waals surface area contributed by atoms with Crippen molar-refractivity contribution < 1.29 is 4.79 Å². The second-order valence-corrected chi connectivity index (χ2v) is 2.23. The molecule has 1 aliphatic rings. The normalized spacial score (nSPS) is 14.7. The van der Waals surface area contributed by atoms with Gasteiger partial charge in [0.25, 0.3) is 0 Å². The van der Waals surface area contributed by atoms with Crippen LogP contribution in [0, 0.1) is 0 Å². The van der Waals surface area contributed by atoms with Crippen LogP contribution in [-0.4, -0.2) is 26.1 Å². The molecule has 0 aromatic carbocycles. The van der Waals surface area contributed by atoms with Gasteiger partial charge < -0.3 is 4.90 Å². The van der Waals surface area contributed by atoms with Gasteiger partial charge in [-0.25, -0.2) is 0 Å². The van der Waals surface area contributed by atoms with Gasteiger partial charge in [-0.1, -0.05) is 0 Å². The summed E-state index contributed by atoms with van der Waals surface area (Å²) >= 11 is 0. The monoisotopic (exact) mass is 150 g/mol. The summed E-state index contributed by atoms with van der Waals surface area (Å²) in [5, 5.41) is 7.51. The summed E-state index contributed by atoms with van der Waals surface area (Å²) in [6, 6.07) is 0. The molecule has 0 aliphatic carbocycles. The van der Waals surface area contributed by atoms with Gasteiger partial charge in [-0.05, 0) is 0 Å². The molecule has 11 heavy (non-hydrogen) atoms. The molecule has 2 heterocycles. The molecule has 0 bridgehead atoms. The van der Waals surface area contributed by atoms with E-state index in [9.17, 15) is 4.79 Å². The van der Waals surface area contributed by atoms with Crippen LogP contribution in [0.2, 0.25) is 0 Å². The van der Waals surface area contributed by atoms with E-state index in [1.54, 1.807) is 23.3 Å². The van der Waals surface area contributed by atoms with Gasteiger partial charge in [0, 0.05) is 12.4 Å². The van der Waals surface area contributed by atoms with Gasteiger partial charge in [-0.15, -0.1) is 10.2 Å². The first-order valence-electron chi connectivity index (χ1n) is 3.18. The summed E-state index contributed by atoms with van der Waals surface area (Å²) in [4.78, 5) is 11.8. The third-order valence-corrected chi connectivity index (χ3v) is 1.53. The van der Waals surface area contributed by atoms with Crippen LogP contribution >= 0.6 is 0 Å². The van der Waals surface area contributed by atoms with Crippen LogP contribution in [0.25, 0.3) is 6.20 Å². The second-order valence-electron chi connectivity index (χ2n) is 2.23. The lowest BCUT2D eigenvalue weighted by atomic mass is 10.5. The highest BCUT2D eigenvalue weighted by Crippen LogP contribution is 2.06. The maximum absolute atomic E-state index is 10.3. The van der Waals surface area contributed by atoms with E-state index in [4.69, 9.17) is 0 Å². The molecule has 0 saturated heterocycles. The standard InChI is InChI=1S/C6H6N4O/c11-5-9-1-2-10-4-7-8-6(10)3-9/h1-2,4-5H,3H2. The number of rotatable bonds is 1. The average molecular weight is 150 g/mol. The Morgan fingerprint density at radius 1 is 1.55 bits per heavy atom. The molecular formula is C6H6N4O. The summed E-state index contributed by atoms with van der Waals surface area (Å²) in [5.74, 6) is 0.777. The highest BCUT2D eigenvalue weighted by Gasteiger charge is 2.09. The summed E-state index contributed by atoms with van der Waals surface area (Å²) < 4.78 is 1.78. The minimum atomic E-state index is 0.500. The van der Waals surface area contributed by atoms with E-state index in [0.29, 0.717) is 6.54 Å². The first kappa shape index (κ1) is 6.09. The fourth-order valence-electron chi connectivity index (χ4n) is 0.950. The van der Waals surface area contributed by atoms with Gasteiger partial charge in [0.1, 0.15) is 6.33 Å². The fraction of sp³-hybridized carbons (Fsp3) is 0.167. The zero-order valence-corrected chi connectivity index (χ0v) is 5.71. The first-order valence-corrected chi connectivity index (χ1v) is 3.18. The van der Waals surface area contributed by atoms with Crippen LogP contribution in [-0.2, 0) is 11.3 Å². The number of hydrogen-bond donors (Lipinski definition) is 0. The lowest BCUT2D eigenvalue weighted by molar-refractivity contribution is -0.116. The van der Waals surface area contributed by atoms with Gasteiger partial charge in [0.15, 0.2) is 5.82 Å². The van der Waals surface area contributed by atoms with Crippen molar-refractivity contribution in [2.24, 2.45) is 0 Å². The van der Waals surface area contributed by atoms with Crippen LogP contribution in [0.15, 0.2) is 12.5 Å². The Hall–Kier alpha value is -1.65. The van der Waals surface area contributed by atoms with Crippen molar-refractivity contribution in [1.82, 2.24) is 19.7 Å². The molecule has 0 saturated carbocycles. The van der Waals surface area contributed by atoms with Crippen molar-refractivity contribution in [3.05, 3.63) is 18.4 Å². The Bertz CT molecular complexity index is 303. The minimum absolute atomic E-state index is 0.500.